The zero-order valence-electron chi connectivity index (χ0n) is 16.9. The molecule has 3 aromatic heterocycles. The van der Waals surface area contributed by atoms with Crippen molar-refractivity contribution < 1.29 is 32.9 Å². The standard InChI is InChI=1S/3C5H8ClN2.H3O4P/c3*1-7-3-4-8(2)5(7)6;1-5(2,3)4/h3*3-4H,1-2H3;(H3,1,2,3,4)/q3*+1;/p-3. The molecular weight excluding hydrogens is 466 g/mol. The van der Waals surface area contributed by atoms with Crippen LogP contribution in [0.1, 0.15) is 0 Å². The van der Waals surface area contributed by atoms with Gasteiger partial charge in [0.25, 0.3) is 0 Å². The maximum atomic E-state index is 8.55. The van der Waals surface area contributed by atoms with E-state index >= 15 is 0 Å². The first-order valence-corrected chi connectivity index (χ1v) is 10.5. The highest BCUT2D eigenvalue weighted by Gasteiger charge is 2.05. The normalized spacial score (nSPS) is 10.2. The fourth-order valence-corrected chi connectivity index (χ4v) is 2.05. The van der Waals surface area contributed by atoms with Gasteiger partial charge in [-0.3, -0.25) is 0 Å². The second kappa shape index (κ2) is 12.3. The predicted octanol–water partition coefficient (Wildman–Crippen LogP) is -1.32. The molecule has 0 bridgehead atoms. The first kappa shape index (κ1) is 27.6. The molecule has 0 amide bonds. The SMILES string of the molecule is Cn1cc[n+](C)c1Cl.Cn1cc[n+](C)c1Cl.Cn1cc[n+](C)c1Cl.O=P([O-])([O-])[O-]. The van der Waals surface area contributed by atoms with Gasteiger partial charge in [0.2, 0.25) is 0 Å². The average Bonchev–Trinajstić information content (AvgIpc) is 3.19. The van der Waals surface area contributed by atoms with E-state index in [0.29, 0.717) is 0 Å². The quantitative estimate of drug-likeness (QED) is 0.288. The number of halogens is 3. The van der Waals surface area contributed by atoms with Crippen molar-refractivity contribution in [1.29, 1.82) is 0 Å². The van der Waals surface area contributed by atoms with Crippen LogP contribution in [0, 0.1) is 0 Å². The van der Waals surface area contributed by atoms with Crippen LogP contribution in [0.5, 0.6) is 0 Å². The van der Waals surface area contributed by atoms with Gasteiger partial charge in [0.1, 0.15) is 37.2 Å². The summed E-state index contributed by atoms with van der Waals surface area (Å²) in [6.07, 6.45) is 11.4. The van der Waals surface area contributed by atoms with E-state index in [-0.39, 0.29) is 0 Å². The molecule has 164 valence electrons. The van der Waals surface area contributed by atoms with Crippen molar-refractivity contribution in [2.45, 2.75) is 0 Å². The largest absolute Gasteiger partial charge is 0.822 e. The van der Waals surface area contributed by atoms with Crippen molar-refractivity contribution >= 4 is 42.6 Å². The Morgan fingerprint density at radius 1 is 0.690 bits per heavy atom. The van der Waals surface area contributed by atoms with Crippen molar-refractivity contribution in [3.63, 3.8) is 0 Å². The zero-order valence-corrected chi connectivity index (χ0v) is 20.0. The fourth-order valence-electron chi connectivity index (χ4n) is 1.72. The Kier molecular flexibility index (Phi) is 11.7. The predicted molar refractivity (Wildman–Crippen MR) is 102 cm³/mol. The first-order chi connectivity index (χ1) is 13.1. The highest BCUT2D eigenvalue weighted by atomic mass is 35.5. The summed E-state index contributed by atoms with van der Waals surface area (Å²) in [6.45, 7) is 0. The smallest absolute Gasteiger partial charge is 0.354 e. The number of hydrogen-bond donors (Lipinski definition) is 0. The van der Waals surface area contributed by atoms with Gasteiger partial charge in [0.15, 0.2) is 0 Å². The Morgan fingerprint density at radius 3 is 0.897 bits per heavy atom. The summed E-state index contributed by atoms with van der Waals surface area (Å²) in [4.78, 5) is 25.6. The van der Waals surface area contributed by atoms with Crippen LogP contribution in [0.15, 0.2) is 37.2 Å². The van der Waals surface area contributed by atoms with Crippen LogP contribution in [0.4, 0.5) is 0 Å². The number of phosphoric acid groups is 1. The molecule has 10 nitrogen and oxygen atoms in total. The fraction of sp³-hybridized carbons (Fsp3) is 0.400. The van der Waals surface area contributed by atoms with Gasteiger partial charge in [-0.15, -0.1) is 0 Å². The maximum absolute atomic E-state index is 8.55. The van der Waals surface area contributed by atoms with E-state index in [1.54, 1.807) is 0 Å². The summed E-state index contributed by atoms with van der Waals surface area (Å²) < 4.78 is 19.6. The Morgan fingerprint density at radius 2 is 0.862 bits per heavy atom. The third kappa shape index (κ3) is 11.4. The Hall–Kier alpha value is -1.39. The van der Waals surface area contributed by atoms with Crippen molar-refractivity contribution in [2.24, 2.45) is 42.3 Å². The first-order valence-electron chi connectivity index (χ1n) is 7.87. The molecule has 0 aliphatic carbocycles. The maximum Gasteiger partial charge on any atom is 0.354 e. The van der Waals surface area contributed by atoms with Gasteiger partial charge < -0.3 is 19.2 Å². The van der Waals surface area contributed by atoms with Crippen molar-refractivity contribution in [2.75, 3.05) is 0 Å². The Bertz CT molecular complexity index is 778. The molecule has 0 unspecified atom stereocenters. The van der Waals surface area contributed by atoms with E-state index < -0.39 is 7.82 Å². The Balaban J connectivity index is 0.000000367. The van der Waals surface area contributed by atoms with Crippen LogP contribution in [0.25, 0.3) is 0 Å². The number of rotatable bonds is 0. The molecule has 29 heavy (non-hydrogen) atoms. The molecule has 0 radical (unpaired) electrons. The van der Waals surface area contributed by atoms with Crippen molar-refractivity contribution in [3.05, 3.63) is 53.0 Å². The number of hydrogen-bond acceptors (Lipinski definition) is 4. The minimum Gasteiger partial charge on any atom is -0.822 e. The van der Waals surface area contributed by atoms with E-state index in [2.05, 4.69) is 0 Å². The van der Waals surface area contributed by atoms with Gasteiger partial charge in [-0.25, -0.2) is 27.4 Å². The van der Waals surface area contributed by atoms with E-state index in [0.717, 1.165) is 15.9 Å². The average molecular weight is 490 g/mol. The van der Waals surface area contributed by atoms with Crippen molar-refractivity contribution in [3.8, 4) is 0 Å². The second-order valence-electron chi connectivity index (χ2n) is 5.81. The van der Waals surface area contributed by atoms with Gasteiger partial charge in [-0.1, -0.05) is 0 Å². The van der Waals surface area contributed by atoms with Crippen molar-refractivity contribution in [1.82, 2.24) is 13.7 Å². The number of aryl methyl sites for hydroxylation is 6. The lowest BCUT2D eigenvalue weighted by atomic mass is 10.9. The topological polar surface area (TPSA) is 113 Å². The summed E-state index contributed by atoms with van der Waals surface area (Å²) in [5.74, 6) is 0. The van der Waals surface area contributed by atoms with E-state index in [4.69, 9.17) is 54.0 Å². The molecular formula is C15H24Cl3N6O4P. The van der Waals surface area contributed by atoms with Crippen LogP contribution in [-0.4, -0.2) is 13.7 Å². The van der Waals surface area contributed by atoms with Gasteiger partial charge in [0.05, 0.1) is 42.3 Å². The van der Waals surface area contributed by atoms with E-state index in [1.807, 2.05) is 107 Å². The molecule has 0 fully saturated rings. The summed E-state index contributed by atoms with van der Waals surface area (Å²) in [5, 5.41) is 2.22. The number of nitrogens with zero attached hydrogens (tertiary/aromatic N) is 6. The molecule has 0 atom stereocenters. The third-order valence-electron chi connectivity index (χ3n) is 3.29. The Labute approximate surface area is 184 Å². The molecule has 0 N–H and O–H groups in total. The van der Waals surface area contributed by atoms with Gasteiger partial charge in [-0.05, 0) is 0 Å². The van der Waals surface area contributed by atoms with E-state index in [9.17, 15) is 0 Å². The summed E-state index contributed by atoms with van der Waals surface area (Å²) in [7, 11) is 6.04. The highest BCUT2D eigenvalue weighted by Crippen LogP contribution is 2.03. The van der Waals surface area contributed by atoms with E-state index in [1.165, 1.54) is 0 Å². The second-order valence-corrected chi connectivity index (χ2v) is 7.72. The van der Waals surface area contributed by atoms with Crippen LogP contribution < -0.4 is 28.4 Å². The lowest BCUT2D eigenvalue weighted by molar-refractivity contribution is -0.668. The minimum atomic E-state index is -5.39. The molecule has 0 spiro atoms. The van der Waals surface area contributed by atoms with Gasteiger partial charge in [-0.2, -0.15) is 7.82 Å². The van der Waals surface area contributed by atoms with Crippen LogP contribution in [-0.2, 0) is 46.9 Å². The van der Waals surface area contributed by atoms with Gasteiger partial charge in [0, 0.05) is 34.8 Å². The molecule has 3 rings (SSSR count). The molecule has 0 aromatic carbocycles. The minimum absolute atomic E-state index is 0.741. The van der Waals surface area contributed by atoms with Crippen LogP contribution in [0.3, 0.4) is 0 Å². The molecule has 0 saturated heterocycles. The summed E-state index contributed by atoms with van der Waals surface area (Å²) in [5.41, 5.74) is 0. The van der Waals surface area contributed by atoms with Crippen LogP contribution >= 0.6 is 42.6 Å². The number of imidazole rings is 3. The molecule has 3 heterocycles. The lowest BCUT2D eigenvalue weighted by Crippen LogP contribution is -2.26. The molecule has 0 saturated carbocycles. The summed E-state index contributed by atoms with van der Waals surface area (Å²) in [6, 6.07) is 0. The molecule has 14 heteroatoms. The molecule has 0 aliphatic rings. The van der Waals surface area contributed by atoms with Gasteiger partial charge >= 0.3 is 15.9 Å². The highest BCUT2D eigenvalue weighted by molar-refractivity contribution is 7.40. The third-order valence-corrected chi connectivity index (χ3v) is 4.89. The zero-order chi connectivity index (χ0) is 22.9. The summed E-state index contributed by atoms with van der Waals surface area (Å²) >= 11 is 17.2. The molecule has 3 aromatic rings. The number of aromatic nitrogens is 6. The lowest BCUT2D eigenvalue weighted by Gasteiger charge is -2.36. The van der Waals surface area contributed by atoms with Crippen LogP contribution in [0.2, 0.25) is 15.9 Å². The monoisotopic (exact) mass is 488 g/mol. The molecule has 0 aliphatic heterocycles.